The van der Waals surface area contributed by atoms with Crippen LogP contribution < -0.4 is 0 Å². The van der Waals surface area contributed by atoms with Crippen molar-refractivity contribution in [1.82, 2.24) is 9.80 Å². The average molecular weight is 344 g/mol. The van der Waals surface area contributed by atoms with Crippen LogP contribution in [0, 0.1) is 0 Å². The SMILES string of the molecule is CN1CCC2(C[C@H]3CC[C@@H](C2)N3C(=O)OCc2ccccc2)OC1=O. The number of hydrogen-bond donors (Lipinski definition) is 0. The van der Waals surface area contributed by atoms with Crippen LogP contribution in [0.15, 0.2) is 30.3 Å². The van der Waals surface area contributed by atoms with E-state index in [4.69, 9.17) is 9.47 Å². The summed E-state index contributed by atoms with van der Waals surface area (Å²) in [6.45, 7) is 1.01. The summed E-state index contributed by atoms with van der Waals surface area (Å²) in [6, 6.07) is 9.93. The first-order valence-corrected chi connectivity index (χ1v) is 8.99. The van der Waals surface area contributed by atoms with E-state index in [1.54, 1.807) is 11.9 Å². The van der Waals surface area contributed by atoms with Gasteiger partial charge in [-0.25, -0.2) is 9.59 Å². The summed E-state index contributed by atoms with van der Waals surface area (Å²) in [5.74, 6) is 0. The second kappa shape index (κ2) is 6.24. The predicted molar refractivity (Wildman–Crippen MR) is 91.0 cm³/mol. The minimum Gasteiger partial charge on any atom is -0.445 e. The lowest BCUT2D eigenvalue weighted by Gasteiger charge is -2.48. The third kappa shape index (κ3) is 3.05. The molecule has 134 valence electrons. The molecule has 0 N–H and O–H groups in total. The Hall–Kier alpha value is -2.24. The molecule has 25 heavy (non-hydrogen) atoms. The Kier molecular flexibility index (Phi) is 4.06. The molecule has 3 heterocycles. The molecule has 3 saturated heterocycles. The van der Waals surface area contributed by atoms with E-state index in [9.17, 15) is 9.59 Å². The lowest BCUT2D eigenvalue weighted by atomic mass is 9.82. The van der Waals surface area contributed by atoms with Crippen LogP contribution >= 0.6 is 0 Å². The summed E-state index contributed by atoms with van der Waals surface area (Å²) in [5, 5.41) is 0. The molecule has 3 fully saturated rings. The number of rotatable bonds is 2. The van der Waals surface area contributed by atoms with Crippen LogP contribution in [-0.4, -0.2) is 53.3 Å². The second-order valence-corrected chi connectivity index (χ2v) is 7.46. The summed E-state index contributed by atoms with van der Waals surface area (Å²) >= 11 is 0. The molecule has 2 bridgehead atoms. The summed E-state index contributed by atoms with van der Waals surface area (Å²) in [5.41, 5.74) is 0.590. The van der Waals surface area contributed by atoms with E-state index in [1.807, 2.05) is 35.2 Å². The molecule has 6 nitrogen and oxygen atoms in total. The van der Waals surface area contributed by atoms with Gasteiger partial charge in [0, 0.05) is 44.9 Å². The van der Waals surface area contributed by atoms with Crippen molar-refractivity contribution in [3.8, 4) is 0 Å². The highest BCUT2D eigenvalue weighted by Crippen LogP contribution is 2.45. The molecule has 1 aromatic rings. The van der Waals surface area contributed by atoms with Crippen LogP contribution in [0.5, 0.6) is 0 Å². The lowest BCUT2D eigenvalue weighted by molar-refractivity contribution is -0.0923. The fourth-order valence-electron chi connectivity index (χ4n) is 4.46. The summed E-state index contributed by atoms with van der Waals surface area (Å²) in [6.07, 6.45) is 3.72. The van der Waals surface area contributed by atoms with E-state index in [0.717, 1.165) is 44.2 Å². The number of nitrogens with zero attached hydrogens (tertiary/aromatic N) is 2. The van der Waals surface area contributed by atoms with Crippen molar-refractivity contribution in [3.63, 3.8) is 0 Å². The van der Waals surface area contributed by atoms with Crippen molar-refractivity contribution in [3.05, 3.63) is 35.9 Å². The van der Waals surface area contributed by atoms with Gasteiger partial charge in [0.15, 0.2) is 0 Å². The highest BCUT2D eigenvalue weighted by atomic mass is 16.6. The first-order valence-electron chi connectivity index (χ1n) is 8.99. The monoisotopic (exact) mass is 344 g/mol. The van der Waals surface area contributed by atoms with Gasteiger partial charge in [-0.3, -0.25) is 0 Å². The van der Waals surface area contributed by atoms with Gasteiger partial charge in [0.25, 0.3) is 0 Å². The van der Waals surface area contributed by atoms with E-state index < -0.39 is 5.60 Å². The molecular weight excluding hydrogens is 320 g/mol. The molecule has 0 aromatic heterocycles. The Morgan fingerprint density at radius 3 is 2.56 bits per heavy atom. The highest BCUT2D eigenvalue weighted by molar-refractivity contribution is 5.70. The Labute approximate surface area is 147 Å². The van der Waals surface area contributed by atoms with Gasteiger partial charge in [-0.05, 0) is 18.4 Å². The molecule has 1 spiro atoms. The van der Waals surface area contributed by atoms with E-state index in [1.165, 1.54) is 0 Å². The first-order chi connectivity index (χ1) is 12.1. The molecule has 0 aliphatic carbocycles. The smallest absolute Gasteiger partial charge is 0.410 e. The normalized spacial score (nSPS) is 31.2. The molecule has 0 saturated carbocycles. The first kappa shape index (κ1) is 16.2. The van der Waals surface area contributed by atoms with Crippen LogP contribution in [-0.2, 0) is 16.1 Å². The van der Waals surface area contributed by atoms with Crippen molar-refractivity contribution >= 4 is 12.2 Å². The van der Waals surface area contributed by atoms with E-state index >= 15 is 0 Å². The average Bonchev–Trinajstić information content (AvgIpc) is 2.90. The van der Waals surface area contributed by atoms with Crippen molar-refractivity contribution < 1.29 is 19.1 Å². The molecule has 6 heteroatoms. The second-order valence-electron chi connectivity index (χ2n) is 7.46. The number of hydrogen-bond acceptors (Lipinski definition) is 4. The molecule has 1 unspecified atom stereocenters. The van der Waals surface area contributed by atoms with Gasteiger partial charge in [-0.2, -0.15) is 0 Å². The predicted octanol–water partition coefficient (Wildman–Crippen LogP) is 3.16. The molecule has 1 aromatic carbocycles. The Bertz CT molecular complexity index is 649. The zero-order chi connectivity index (χ0) is 17.4. The van der Waals surface area contributed by atoms with Gasteiger partial charge in [-0.15, -0.1) is 0 Å². The number of ether oxygens (including phenoxy) is 2. The molecule has 2 amide bonds. The van der Waals surface area contributed by atoms with Crippen LogP contribution in [0.2, 0.25) is 0 Å². The number of fused-ring (bicyclic) bond motifs is 2. The minimum absolute atomic E-state index is 0.109. The summed E-state index contributed by atoms with van der Waals surface area (Å²) < 4.78 is 11.3. The van der Waals surface area contributed by atoms with Crippen LogP contribution in [0.3, 0.4) is 0 Å². The molecule has 4 rings (SSSR count). The van der Waals surface area contributed by atoms with Crippen molar-refractivity contribution in [2.45, 2.75) is 56.4 Å². The Morgan fingerprint density at radius 1 is 1.24 bits per heavy atom. The van der Waals surface area contributed by atoms with Gasteiger partial charge in [-0.1, -0.05) is 30.3 Å². The summed E-state index contributed by atoms with van der Waals surface area (Å²) in [4.78, 5) is 28.1. The zero-order valence-electron chi connectivity index (χ0n) is 14.5. The van der Waals surface area contributed by atoms with Crippen LogP contribution in [0.25, 0.3) is 0 Å². The molecule has 3 aliphatic rings. The Morgan fingerprint density at radius 2 is 1.92 bits per heavy atom. The maximum atomic E-state index is 12.6. The lowest BCUT2D eigenvalue weighted by Crippen LogP contribution is -2.58. The van der Waals surface area contributed by atoms with E-state index in [-0.39, 0.29) is 24.3 Å². The van der Waals surface area contributed by atoms with Gasteiger partial charge in [0.2, 0.25) is 0 Å². The van der Waals surface area contributed by atoms with Gasteiger partial charge >= 0.3 is 12.2 Å². The molecule has 3 aliphatic heterocycles. The summed E-state index contributed by atoms with van der Waals surface area (Å²) in [7, 11) is 1.76. The largest absolute Gasteiger partial charge is 0.445 e. The molecular formula is C19H24N2O4. The number of carbonyl (C=O) groups is 2. The number of carbonyl (C=O) groups excluding carboxylic acids is 2. The third-order valence-corrected chi connectivity index (χ3v) is 5.77. The molecule has 0 radical (unpaired) electrons. The maximum absolute atomic E-state index is 12.6. The Balaban J connectivity index is 1.40. The van der Waals surface area contributed by atoms with Gasteiger partial charge < -0.3 is 19.3 Å². The third-order valence-electron chi connectivity index (χ3n) is 5.77. The van der Waals surface area contributed by atoms with Gasteiger partial charge in [0.05, 0.1) is 0 Å². The van der Waals surface area contributed by atoms with Gasteiger partial charge in [0.1, 0.15) is 12.2 Å². The quantitative estimate of drug-likeness (QED) is 0.827. The van der Waals surface area contributed by atoms with Crippen molar-refractivity contribution in [1.29, 1.82) is 0 Å². The number of piperidine rings is 1. The standard InChI is InChI=1S/C19H24N2O4/c1-20-10-9-19(25-17(20)22)11-15-7-8-16(12-19)21(15)18(23)24-13-14-5-3-2-4-6-14/h2-6,15-16H,7-13H2,1H3/t15-,16+,19?. The van der Waals surface area contributed by atoms with Crippen molar-refractivity contribution in [2.75, 3.05) is 13.6 Å². The van der Waals surface area contributed by atoms with Crippen LogP contribution in [0.1, 0.15) is 37.7 Å². The molecule has 3 atom stereocenters. The van der Waals surface area contributed by atoms with Crippen LogP contribution in [0.4, 0.5) is 9.59 Å². The zero-order valence-corrected chi connectivity index (χ0v) is 14.5. The highest BCUT2D eigenvalue weighted by Gasteiger charge is 2.53. The van der Waals surface area contributed by atoms with E-state index in [0.29, 0.717) is 6.61 Å². The maximum Gasteiger partial charge on any atom is 0.410 e. The van der Waals surface area contributed by atoms with E-state index in [2.05, 4.69) is 0 Å². The topological polar surface area (TPSA) is 59.1 Å². The fraction of sp³-hybridized carbons (Fsp3) is 0.579. The number of benzene rings is 1. The van der Waals surface area contributed by atoms with Crippen molar-refractivity contribution in [2.24, 2.45) is 0 Å². The number of amides is 2. The minimum atomic E-state index is -0.397. The fourth-order valence-corrected chi connectivity index (χ4v) is 4.46.